The molecule has 0 heterocycles. The van der Waals surface area contributed by atoms with Gasteiger partial charge < -0.3 is 5.32 Å². The van der Waals surface area contributed by atoms with E-state index in [1.165, 1.54) is 5.56 Å². The van der Waals surface area contributed by atoms with Crippen LogP contribution in [0.5, 0.6) is 0 Å². The summed E-state index contributed by atoms with van der Waals surface area (Å²) in [6, 6.07) is 13.6. The fraction of sp³-hybridized carbons (Fsp3) is 0.235. The first kappa shape index (κ1) is 16.1. The third-order valence-corrected chi connectivity index (χ3v) is 4.09. The summed E-state index contributed by atoms with van der Waals surface area (Å²) in [5.74, 6) is 0.0357. The third-order valence-electron chi connectivity index (χ3n) is 3.18. The fourth-order valence-electron chi connectivity index (χ4n) is 2.04. The molecule has 0 bridgehead atoms. The van der Waals surface area contributed by atoms with Gasteiger partial charge in [-0.1, -0.05) is 29.8 Å². The number of anilines is 1. The van der Waals surface area contributed by atoms with Gasteiger partial charge in [-0.2, -0.15) is 0 Å². The molecule has 0 saturated carbocycles. The van der Waals surface area contributed by atoms with Crippen molar-refractivity contribution in [2.75, 3.05) is 5.32 Å². The van der Waals surface area contributed by atoms with E-state index in [1.807, 2.05) is 49.4 Å². The second-order valence-electron chi connectivity index (χ2n) is 5.01. The Bertz CT molecular complexity index is 625. The summed E-state index contributed by atoms with van der Waals surface area (Å²) in [6.07, 6.45) is 2.19. The molecule has 0 aliphatic heterocycles. The Morgan fingerprint density at radius 3 is 2.57 bits per heavy atom. The van der Waals surface area contributed by atoms with Crippen molar-refractivity contribution >= 4 is 39.1 Å². The maximum Gasteiger partial charge on any atom is 0.224 e. The molecule has 0 atom stereocenters. The number of benzene rings is 2. The highest BCUT2D eigenvalue weighted by atomic mass is 79.9. The SMILES string of the molecule is Cc1ccc(NC(=O)CCCc2ccc(Cl)cc2)c(Br)c1. The molecule has 21 heavy (non-hydrogen) atoms. The number of rotatable bonds is 5. The Hall–Kier alpha value is -1.32. The van der Waals surface area contributed by atoms with Crippen molar-refractivity contribution in [1.82, 2.24) is 0 Å². The summed E-state index contributed by atoms with van der Waals surface area (Å²) in [6.45, 7) is 2.02. The van der Waals surface area contributed by atoms with Crippen molar-refractivity contribution in [2.45, 2.75) is 26.2 Å². The van der Waals surface area contributed by atoms with E-state index in [9.17, 15) is 4.79 Å². The maximum absolute atomic E-state index is 11.9. The molecule has 0 fully saturated rings. The van der Waals surface area contributed by atoms with Gasteiger partial charge in [-0.15, -0.1) is 0 Å². The minimum atomic E-state index is 0.0357. The van der Waals surface area contributed by atoms with Gasteiger partial charge in [0.15, 0.2) is 0 Å². The van der Waals surface area contributed by atoms with Crippen LogP contribution in [0.2, 0.25) is 5.02 Å². The second kappa shape index (κ2) is 7.62. The molecule has 0 unspecified atom stereocenters. The van der Waals surface area contributed by atoms with Gasteiger partial charge in [-0.05, 0) is 71.1 Å². The number of aryl methyl sites for hydroxylation is 2. The quantitative estimate of drug-likeness (QED) is 0.757. The molecule has 0 spiro atoms. The number of carbonyl (C=O) groups excluding carboxylic acids is 1. The predicted molar refractivity (Wildman–Crippen MR) is 91.9 cm³/mol. The molecule has 2 nitrogen and oxygen atoms in total. The first-order valence-corrected chi connectivity index (χ1v) is 8.02. The van der Waals surface area contributed by atoms with E-state index in [0.29, 0.717) is 6.42 Å². The summed E-state index contributed by atoms with van der Waals surface area (Å²) in [5.41, 5.74) is 3.17. The van der Waals surface area contributed by atoms with E-state index in [1.54, 1.807) is 0 Å². The van der Waals surface area contributed by atoms with E-state index >= 15 is 0 Å². The lowest BCUT2D eigenvalue weighted by Gasteiger charge is -2.08. The molecule has 0 aromatic heterocycles. The van der Waals surface area contributed by atoms with E-state index in [-0.39, 0.29) is 5.91 Å². The Morgan fingerprint density at radius 1 is 1.19 bits per heavy atom. The highest BCUT2D eigenvalue weighted by Gasteiger charge is 2.06. The topological polar surface area (TPSA) is 29.1 Å². The Balaban J connectivity index is 1.81. The average Bonchev–Trinajstić information content (AvgIpc) is 2.44. The zero-order valence-corrected chi connectivity index (χ0v) is 14.2. The zero-order valence-electron chi connectivity index (χ0n) is 11.8. The van der Waals surface area contributed by atoms with E-state index in [4.69, 9.17) is 11.6 Å². The molecule has 4 heteroatoms. The number of carbonyl (C=O) groups is 1. The van der Waals surface area contributed by atoms with Crippen LogP contribution in [0.1, 0.15) is 24.0 Å². The average molecular weight is 367 g/mol. The molecule has 0 saturated heterocycles. The molecule has 2 rings (SSSR count). The normalized spacial score (nSPS) is 10.4. The molecule has 2 aromatic carbocycles. The summed E-state index contributed by atoms with van der Waals surface area (Å²) < 4.78 is 0.911. The molecule has 1 amide bonds. The molecular formula is C17H17BrClNO. The maximum atomic E-state index is 11.9. The van der Waals surface area contributed by atoms with Crippen molar-refractivity contribution in [2.24, 2.45) is 0 Å². The zero-order chi connectivity index (χ0) is 15.2. The first-order chi connectivity index (χ1) is 10.0. The van der Waals surface area contributed by atoms with Gasteiger partial charge >= 0.3 is 0 Å². The standard InChI is InChI=1S/C17H17BrClNO/c1-12-5-10-16(15(18)11-12)20-17(21)4-2-3-13-6-8-14(19)9-7-13/h5-11H,2-4H2,1H3,(H,20,21). The first-order valence-electron chi connectivity index (χ1n) is 6.85. The van der Waals surface area contributed by atoms with E-state index in [0.717, 1.165) is 33.6 Å². The van der Waals surface area contributed by atoms with Crippen LogP contribution in [0, 0.1) is 6.92 Å². The van der Waals surface area contributed by atoms with Crippen LogP contribution in [0.25, 0.3) is 0 Å². The lowest BCUT2D eigenvalue weighted by molar-refractivity contribution is -0.116. The monoisotopic (exact) mass is 365 g/mol. The highest BCUT2D eigenvalue weighted by Crippen LogP contribution is 2.23. The summed E-state index contributed by atoms with van der Waals surface area (Å²) in [5, 5.41) is 3.66. The second-order valence-corrected chi connectivity index (χ2v) is 6.30. The molecule has 0 radical (unpaired) electrons. The lowest BCUT2D eigenvalue weighted by Crippen LogP contribution is -2.12. The van der Waals surface area contributed by atoms with Crippen LogP contribution < -0.4 is 5.32 Å². The van der Waals surface area contributed by atoms with E-state index in [2.05, 4.69) is 21.2 Å². The van der Waals surface area contributed by atoms with Gasteiger partial charge in [0.05, 0.1) is 5.69 Å². The molecule has 0 aliphatic carbocycles. The Labute approximate surface area is 138 Å². The fourth-order valence-corrected chi connectivity index (χ4v) is 2.76. The van der Waals surface area contributed by atoms with Crippen LogP contribution >= 0.6 is 27.5 Å². The Morgan fingerprint density at radius 2 is 1.90 bits per heavy atom. The molecule has 0 aliphatic rings. The number of amides is 1. The van der Waals surface area contributed by atoms with Gasteiger partial charge in [0.25, 0.3) is 0 Å². The largest absolute Gasteiger partial charge is 0.325 e. The molecule has 110 valence electrons. The number of halogens is 2. The Kier molecular flexibility index (Phi) is 5.83. The minimum absolute atomic E-state index is 0.0357. The predicted octanol–water partition coefficient (Wildman–Crippen LogP) is 5.37. The van der Waals surface area contributed by atoms with Crippen molar-refractivity contribution in [1.29, 1.82) is 0 Å². The van der Waals surface area contributed by atoms with Gasteiger partial charge in [-0.25, -0.2) is 0 Å². The molecule has 2 aromatic rings. The summed E-state index contributed by atoms with van der Waals surface area (Å²) >= 11 is 9.30. The van der Waals surface area contributed by atoms with Crippen molar-refractivity contribution in [3.05, 3.63) is 63.1 Å². The van der Waals surface area contributed by atoms with Crippen LogP contribution in [-0.4, -0.2) is 5.91 Å². The van der Waals surface area contributed by atoms with Gasteiger partial charge in [0, 0.05) is 15.9 Å². The van der Waals surface area contributed by atoms with Crippen LogP contribution in [0.15, 0.2) is 46.9 Å². The van der Waals surface area contributed by atoms with Crippen molar-refractivity contribution in [3.63, 3.8) is 0 Å². The van der Waals surface area contributed by atoms with Gasteiger partial charge in [0.2, 0.25) is 5.91 Å². The highest BCUT2D eigenvalue weighted by molar-refractivity contribution is 9.10. The van der Waals surface area contributed by atoms with Crippen LogP contribution in [-0.2, 0) is 11.2 Å². The van der Waals surface area contributed by atoms with Gasteiger partial charge in [0.1, 0.15) is 0 Å². The van der Waals surface area contributed by atoms with Gasteiger partial charge in [-0.3, -0.25) is 4.79 Å². The van der Waals surface area contributed by atoms with E-state index < -0.39 is 0 Å². The van der Waals surface area contributed by atoms with Crippen LogP contribution in [0.4, 0.5) is 5.69 Å². The third kappa shape index (κ3) is 5.18. The van der Waals surface area contributed by atoms with Crippen LogP contribution in [0.3, 0.4) is 0 Å². The minimum Gasteiger partial charge on any atom is -0.325 e. The smallest absolute Gasteiger partial charge is 0.224 e. The lowest BCUT2D eigenvalue weighted by atomic mass is 10.1. The van der Waals surface area contributed by atoms with Crippen molar-refractivity contribution in [3.8, 4) is 0 Å². The van der Waals surface area contributed by atoms with Crippen molar-refractivity contribution < 1.29 is 4.79 Å². The molecular weight excluding hydrogens is 350 g/mol. The number of nitrogens with one attached hydrogen (secondary N) is 1. The summed E-state index contributed by atoms with van der Waals surface area (Å²) in [4.78, 5) is 11.9. The number of hydrogen-bond acceptors (Lipinski definition) is 1. The number of hydrogen-bond donors (Lipinski definition) is 1. The molecule has 1 N–H and O–H groups in total. The summed E-state index contributed by atoms with van der Waals surface area (Å²) in [7, 11) is 0.